The van der Waals surface area contributed by atoms with Crippen molar-refractivity contribution in [1.29, 1.82) is 0 Å². The molecular formula is C11H18O3. The highest BCUT2D eigenvalue weighted by molar-refractivity contribution is 5.72. The average molecular weight is 198 g/mol. The molecule has 0 aromatic rings. The highest BCUT2D eigenvalue weighted by atomic mass is 16.4. The Balaban J connectivity index is 2.44. The molecule has 0 spiro atoms. The van der Waals surface area contributed by atoms with E-state index in [1.165, 1.54) is 0 Å². The summed E-state index contributed by atoms with van der Waals surface area (Å²) in [7, 11) is 0. The summed E-state index contributed by atoms with van der Waals surface area (Å²) in [6.45, 7) is 6.22. The number of rotatable bonds is 1. The van der Waals surface area contributed by atoms with Crippen molar-refractivity contribution in [1.82, 2.24) is 0 Å². The number of carbonyl (C=O) groups is 1. The molecule has 80 valence electrons. The van der Waals surface area contributed by atoms with Gasteiger partial charge in [-0.2, -0.15) is 0 Å². The predicted molar refractivity (Wildman–Crippen MR) is 51.7 cm³/mol. The van der Waals surface area contributed by atoms with Gasteiger partial charge in [-0.1, -0.05) is 20.8 Å². The van der Waals surface area contributed by atoms with Gasteiger partial charge in [-0.05, 0) is 29.6 Å². The van der Waals surface area contributed by atoms with E-state index in [1.807, 2.05) is 6.92 Å². The van der Waals surface area contributed by atoms with Gasteiger partial charge in [0.15, 0.2) is 0 Å². The molecule has 0 amide bonds. The summed E-state index contributed by atoms with van der Waals surface area (Å²) in [5.74, 6) is -1.25. The molecule has 0 aliphatic heterocycles. The maximum Gasteiger partial charge on any atom is 0.309 e. The van der Waals surface area contributed by atoms with Crippen LogP contribution in [0.1, 0.15) is 33.6 Å². The summed E-state index contributed by atoms with van der Waals surface area (Å²) in [6.07, 6.45) is 1.22. The van der Waals surface area contributed by atoms with Gasteiger partial charge in [0.1, 0.15) is 0 Å². The maximum absolute atomic E-state index is 11.1. The predicted octanol–water partition coefficient (Wildman–Crippen LogP) is 1.50. The van der Waals surface area contributed by atoms with E-state index in [4.69, 9.17) is 5.11 Å². The average Bonchev–Trinajstić information content (AvgIpc) is 2.35. The van der Waals surface area contributed by atoms with Crippen molar-refractivity contribution in [3.05, 3.63) is 0 Å². The van der Waals surface area contributed by atoms with Gasteiger partial charge >= 0.3 is 5.97 Å². The van der Waals surface area contributed by atoms with Gasteiger partial charge in [-0.15, -0.1) is 0 Å². The number of carboxylic acids is 1. The van der Waals surface area contributed by atoms with Crippen molar-refractivity contribution in [2.45, 2.75) is 39.7 Å². The van der Waals surface area contributed by atoms with E-state index < -0.39 is 18.0 Å². The van der Waals surface area contributed by atoms with Gasteiger partial charge in [-0.25, -0.2) is 0 Å². The molecule has 4 atom stereocenters. The summed E-state index contributed by atoms with van der Waals surface area (Å²) in [5, 5.41) is 19.2. The minimum absolute atomic E-state index is 0.0462. The van der Waals surface area contributed by atoms with E-state index in [2.05, 4.69) is 13.8 Å². The van der Waals surface area contributed by atoms with Crippen LogP contribution in [0.2, 0.25) is 0 Å². The van der Waals surface area contributed by atoms with E-state index in [-0.39, 0.29) is 16.7 Å². The molecule has 0 radical (unpaired) electrons. The van der Waals surface area contributed by atoms with Crippen LogP contribution < -0.4 is 0 Å². The van der Waals surface area contributed by atoms with E-state index in [9.17, 15) is 9.90 Å². The molecule has 2 fully saturated rings. The second-order valence-electron chi connectivity index (χ2n) is 5.59. The van der Waals surface area contributed by atoms with Crippen LogP contribution in [0.25, 0.3) is 0 Å². The Hall–Kier alpha value is -0.570. The van der Waals surface area contributed by atoms with E-state index in [0.29, 0.717) is 0 Å². The Morgan fingerprint density at radius 1 is 1.36 bits per heavy atom. The number of aliphatic carboxylic acids is 1. The lowest BCUT2D eigenvalue weighted by atomic mass is 9.70. The smallest absolute Gasteiger partial charge is 0.309 e. The Kier molecular flexibility index (Phi) is 1.79. The minimum atomic E-state index is -0.834. The first kappa shape index (κ1) is 9.97. The molecule has 2 aliphatic carbocycles. The third kappa shape index (κ3) is 0.842. The third-order valence-corrected chi connectivity index (χ3v) is 5.09. The fourth-order valence-corrected chi connectivity index (χ4v) is 3.64. The maximum atomic E-state index is 11.1. The van der Waals surface area contributed by atoms with Crippen LogP contribution >= 0.6 is 0 Å². The minimum Gasteiger partial charge on any atom is -0.481 e. The van der Waals surface area contributed by atoms with E-state index >= 15 is 0 Å². The van der Waals surface area contributed by atoms with Gasteiger partial charge in [0.25, 0.3) is 0 Å². The van der Waals surface area contributed by atoms with Gasteiger partial charge in [0.2, 0.25) is 0 Å². The van der Waals surface area contributed by atoms with Gasteiger partial charge in [0, 0.05) is 0 Å². The second-order valence-corrected chi connectivity index (χ2v) is 5.59. The molecule has 2 saturated carbocycles. The standard InChI is InChI=1S/C11H18O3/c1-10(2)6-4-5-11(10,3)8(12)7(6)9(13)14/h6-8,12H,4-5H2,1-3H3,(H,13,14)/t6-,7-,8+,11-/m0/s1. The third-order valence-electron chi connectivity index (χ3n) is 5.09. The highest BCUT2D eigenvalue weighted by Gasteiger charge is 2.67. The lowest BCUT2D eigenvalue weighted by Crippen LogP contribution is -2.39. The summed E-state index contributed by atoms with van der Waals surface area (Å²) >= 11 is 0. The monoisotopic (exact) mass is 198 g/mol. The van der Waals surface area contributed by atoms with Crippen molar-refractivity contribution in [3.8, 4) is 0 Å². The zero-order valence-electron chi connectivity index (χ0n) is 8.95. The lowest BCUT2D eigenvalue weighted by Gasteiger charge is -2.36. The van der Waals surface area contributed by atoms with Gasteiger partial charge in [-0.3, -0.25) is 4.79 Å². The molecule has 0 heterocycles. The van der Waals surface area contributed by atoms with Crippen molar-refractivity contribution in [2.75, 3.05) is 0 Å². The second kappa shape index (κ2) is 2.51. The zero-order chi connectivity index (χ0) is 10.7. The summed E-state index contributed by atoms with van der Waals surface area (Å²) in [6, 6.07) is 0. The van der Waals surface area contributed by atoms with E-state index in [1.54, 1.807) is 0 Å². The summed E-state index contributed by atoms with van der Waals surface area (Å²) in [4.78, 5) is 11.1. The molecule has 2 N–H and O–H groups in total. The lowest BCUT2D eigenvalue weighted by molar-refractivity contribution is -0.149. The fraction of sp³-hybridized carbons (Fsp3) is 0.909. The molecule has 3 nitrogen and oxygen atoms in total. The molecule has 0 unspecified atom stereocenters. The number of fused-ring (bicyclic) bond motifs is 2. The van der Waals surface area contributed by atoms with Crippen molar-refractivity contribution < 1.29 is 15.0 Å². The number of aliphatic hydroxyl groups excluding tert-OH is 1. The number of hydrogen-bond donors (Lipinski definition) is 2. The quantitative estimate of drug-likeness (QED) is 0.671. The van der Waals surface area contributed by atoms with Crippen molar-refractivity contribution in [2.24, 2.45) is 22.7 Å². The molecule has 2 bridgehead atoms. The normalized spacial score (nSPS) is 49.6. The van der Waals surface area contributed by atoms with Crippen LogP contribution in [0.15, 0.2) is 0 Å². The Morgan fingerprint density at radius 3 is 2.21 bits per heavy atom. The Bertz CT molecular complexity index is 284. The first-order valence-corrected chi connectivity index (χ1v) is 5.23. The van der Waals surface area contributed by atoms with E-state index in [0.717, 1.165) is 12.8 Å². The fourth-order valence-electron chi connectivity index (χ4n) is 3.64. The molecule has 0 aromatic heterocycles. The topological polar surface area (TPSA) is 57.5 Å². The van der Waals surface area contributed by atoms with Crippen LogP contribution in [0, 0.1) is 22.7 Å². The molecule has 0 saturated heterocycles. The molecule has 2 rings (SSSR count). The first-order valence-electron chi connectivity index (χ1n) is 5.23. The van der Waals surface area contributed by atoms with Crippen LogP contribution in [0.4, 0.5) is 0 Å². The first-order chi connectivity index (χ1) is 6.32. The SMILES string of the molecule is CC1(C)[C@H]2CC[C@@]1(C)[C@H](O)[C@H]2C(=O)O. The number of aliphatic hydroxyl groups is 1. The molecule has 2 aliphatic rings. The zero-order valence-corrected chi connectivity index (χ0v) is 8.95. The van der Waals surface area contributed by atoms with Crippen LogP contribution in [-0.4, -0.2) is 22.3 Å². The van der Waals surface area contributed by atoms with Crippen LogP contribution in [-0.2, 0) is 4.79 Å². The molecule has 0 aromatic carbocycles. The molecular weight excluding hydrogens is 180 g/mol. The summed E-state index contributed by atoms with van der Waals surface area (Å²) < 4.78 is 0. The highest BCUT2D eigenvalue weighted by Crippen LogP contribution is 2.67. The van der Waals surface area contributed by atoms with Crippen molar-refractivity contribution in [3.63, 3.8) is 0 Å². The molecule has 14 heavy (non-hydrogen) atoms. The van der Waals surface area contributed by atoms with Gasteiger partial charge < -0.3 is 10.2 Å². The molecule has 3 heteroatoms. The number of hydrogen-bond acceptors (Lipinski definition) is 2. The van der Waals surface area contributed by atoms with Gasteiger partial charge in [0.05, 0.1) is 12.0 Å². The van der Waals surface area contributed by atoms with Crippen LogP contribution in [0.3, 0.4) is 0 Å². The van der Waals surface area contributed by atoms with Crippen molar-refractivity contribution >= 4 is 5.97 Å². The largest absolute Gasteiger partial charge is 0.481 e. The Labute approximate surface area is 84.1 Å². The Morgan fingerprint density at radius 2 is 1.93 bits per heavy atom. The summed E-state index contributed by atoms with van der Waals surface area (Å²) in [5.41, 5.74) is -0.254. The number of carboxylic acid groups (broad SMARTS) is 1. The van der Waals surface area contributed by atoms with Crippen LogP contribution in [0.5, 0.6) is 0 Å².